The molecule has 12 heteroatoms. The number of nitrogens with zero attached hydrogens (tertiary/aromatic N) is 3. The first-order valence-electron chi connectivity index (χ1n) is 11.7. The standard InChI is InChI=1S/C22H29N6.C2H7N2O.CH2O.2K/c1-3-15-8-9-28(13-15)14-22-26-20-7-5-18(11-21(20)27-22)25-17-4-6-19(24-2)16(10-17)12-23;1-4-2-5-3;1-2;;/h4-7,10-12,15,22-24,26-27H,3,8-9,13-14H2,1-2H3;2-3H2,1H3;1H2;;/q2*-1;;2*+1. The summed E-state index contributed by atoms with van der Waals surface area (Å²) >= 11 is 0. The first-order valence-corrected chi connectivity index (χ1v) is 11.7. The third-order valence-corrected chi connectivity index (χ3v) is 5.97. The molecule has 0 spiro atoms. The number of hydrogen-bond acceptors (Lipinski definition) is 8. The molecule has 2 aliphatic heterocycles. The molecular weight excluding hydrogens is 523 g/mol. The molecule has 2 aliphatic rings. The number of nitrogens with one attached hydrogen (secondary N) is 4. The van der Waals surface area contributed by atoms with Crippen LogP contribution < -0.4 is 125 Å². The van der Waals surface area contributed by atoms with Crippen LogP contribution in [0.4, 0.5) is 28.4 Å². The van der Waals surface area contributed by atoms with Gasteiger partial charge in [-0.15, -0.1) is 11.4 Å². The van der Waals surface area contributed by atoms with E-state index in [4.69, 9.17) is 15.5 Å². The van der Waals surface area contributed by atoms with E-state index in [2.05, 4.69) is 56.0 Å². The van der Waals surface area contributed by atoms with Gasteiger partial charge in [0.05, 0.1) is 11.4 Å². The van der Waals surface area contributed by atoms with E-state index in [0.717, 1.165) is 46.5 Å². The monoisotopic (exact) mass is 560 g/mol. The number of fused-ring (bicyclic) bond motifs is 1. The summed E-state index contributed by atoms with van der Waals surface area (Å²) in [6.07, 6.45) is 4.21. The molecule has 0 saturated carbocycles. The Morgan fingerprint density at radius 2 is 1.86 bits per heavy atom. The number of carbonyl (C=O) groups is 1. The molecule has 1 fully saturated rings. The van der Waals surface area contributed by atoms with Crippen LogP contribution in [0.15, 0.2) is 36.4 Å². The van der Waals surface area contributed by atoms with Gasteiger partial charge in [-0.05, 0) is 37.7 Å². The Kier molecular flexibility index (Phi) is 21.0. The topological polar surface area (TPSA) is 144 Å². The predicted molar refractivity (Wildman–Crippen MR) is 145 cm³/mol. The molecular formula is C25H38K2N8O2. The Bertz CT molecular complexity index is 936. The Balaban J connectivity index is 0.00000130. The SMILES string of the molecule is C=O.CCC1CCN(CC2Nc3ccc([N-]c4ccc(NC)c(C=N)c4)cc3N2)C1.C[N-]CON.[K+].[K+]. The third kappa shape index (κ3) is 12.0. The zero-order valence-corrected chi connectivity index (χ0v) is 29.1. The van der Waals surface area contributed by atoms with Gasteiger partial charge in [0.25, 0.3) is 0 Å². The normalized spacial score (nSPS) is 17.1. The fourth-order valence-electron chi connectivity index (χ4n) is 4.21. The molecule has 0 radical (unpaired) electrons. The largest absolute Gasteiger partial charge is 1.00 e. The van der Waals surface area contributed by atoms with Gasteiger partial charge in [-0.3, -0.25) is 4.90 Å². The van der Waals surface area contributed by atoms with Crippen molar-refractivity contribution in [3.8, 4) is 0 Å². The van der Waals surface area contributed by atoms with Crippen LogP contribution in [-0.4, -0.2) is 64.5 Å². The van der Waals surface area contributed by atoms with Crippen LogP contribution >= 0.6 is 0 Å². The van der Waals surface area contributed by atoms with Crippen molar-refractivity contribution >= 4 is 41.4 Å². The molecule has 2 aromatic carbocycles. The zero-order chi connectivity index (χ0) is 25.6. The molecule has 2 unspecified atom stereocenters. The molecule has 0 amide bonds. The van der Waals surface area contributed by atoms with Crippen molar-refractivity contribution in [1.82, 2.24) is 4.90 Å². The molecule has 1 saturated heterocycles. The number of rotatable bonds is 9. The van der Waals surface area contributed by atoms with Gasteiger partial charge in [0.1, 0.15) is 13.0 Å². The van der Waals surface area contributed by atoms with Crippen LogP contribution in [0, 0.1) is 11.3 Å². The molecule has 37 heavy (non-hydrogen) atoms. The van der Waals surface area contributed by atoms with Crippen molar-refractivity contribution in [3.63, 3.8) is 0 Å². The number of benzene rings is 2. The van der Waals surface area contributed by atoms with Crippen molar-refractivity contribution in [3.05, 3.63) is 52.6 Å². The molecule has 2 heterocycles. The fourth-order valence-corrected chi connectivity index (χ4v) is 4.21. The van der Waals surface area contributed by atoms with Crippen LogP contribution in [0.2, 0.25) is 0 Å². The van der Waals surface area contributed by atoms with E-state index in [9.17, 15) is 0 Å². The molecule has 192 valence electrons. The van der Waals surface area contributed by atoms with E-state index in [1.807, 2.05) is 38.1 Å². The Morgan fingerprint density at radius 1 is 1.19 bits per heavy atom. The average Bonchev–Trinajstić information content (AvgIpc) is 3.52. The maximum atomic E-state index is 8.00. The maximum absolute atomic E-state index is 8.00. The van der Waals surface area contributed by atoms with Gasteiger partial charge in [-0.25, -0.2) is 5.90 Å². The second-order valence-corrected chi connectivity index (χ2v) is 8.28. The van der Waals surface area contributed by atoms with Gasteiger partial charge in [0, 0.05) is 37.6 Å². The van der Waals surface area contributed by atoms with Crippen LogP contribution in [0.25, 0.3) is 10.6 Å². The van der Waals surface area contributed by atoms with Gasteiger partial charge < -0.3 is 41.6 Å². The second-order valence-electron chi connectivity index (χ2n) is 8.28. The minimum Gasteiger partial charge on any atom is -0.658 e. The number of nitrogens with two attached hydrogens (primary N) is 1. The predicted octanol–water partition coefficient (Wildman–Crippen LogP) is -1.38. The molecule has 2 aromatic rings. The molecule has 10 nitrogen and oxygen atoms in total. The molecule has 6 N–H and O–H groups in total. The van der Waals surface area contributed by atoms with Gasteiger partial charge in [-0.2, -0.15) is 7.05 Å². The van der Waals surface area contributed by atoms with E-state index in [1.165, 1.54) is 32.1 Å². The first-order chi connectivity index (χ1) is 17.1. The minimum atomic E-state index is 0. The maximum Gasteiger partial charge on any atom is 1.00 e. The summed E-state index contributed by atoms with van der Waals surface area (Å²) in [5, 5.41) is 26.1. The third-order valence-electron chi connectivity index (χ3n) is 5.97. The Labute approximate surface area is 306 Å². The van der Waals surface area contributed by atoms with Crippen molar-refractivity contribution in [2.75, 3.05) is 56.4 Å². The molecule has 0 aliphatic carbocycles. The van der Waals surface area contributed by atoms with E-state index in [0.29, 0.717) is 6.73 Å². The number of anilines is 3. The van der Waals surface area contributed by atoms with Crippen LogP contribution in [0.3, 0.4) is 0 Å². The van der Waals surface area contributed by atoms with Gasteiger partial charge in [0.2, 0.25) is 0 Å². The first kappa shape index (κ1) is 37.1. The quantitative estimate of drug-likeness (QED) is 0.144. The van der Waals surface area contributed by atoms with Gasteiger partial charge in [0.15, 0.2) is 0 Å². The fraction of sp³-hybridized carbons (Fsp3) is 0.440. The summed E-state index contributed by atoms with van der Waals surface area (Å²) < 4.78 is 0. The van der Waals surface area contributed by atoms with Crippen LogP contribution in [0.1, 0.15) is 25.3 Å². The van der Waals surface area contributed by atoms with Gasteiger partial charge >= 0.3 is 103 Å². The van der Waals surface area contributed by atoms with Crippen molar-refractivity contribution < 1.29 is 112 Å². The van der Waals surface area contributed by atoms with Crippen molar-refractivity contribution in [2.45, 2.75) is 25.9 Å². The smallest absolute Gasteiger partial charge is 0.658 e. The summed E-state index contributed by atoms with van der Waals surface area (Å²) in [6.45, 7) is 8.02. The van der Waals surface area contributed by atoms with E-state index in [-0.39, 0.29) is 109 Å². The summed E-state index contributed by atoms with van der Waals surface area (Å²) in [6, 6.07) is 12.1. The summed E-state index contributed by atoms with van der Waals surface area (Å²) in [4.78, 5) is 14.6. The van der Waals surface area contributed by atoms with Crippen LogP contribution in [0.5, 0.6) is 0 Å². The van der Waals surface area contributed by atoms with E-state index < -0.39 is 0 Å². The summed E-state index contributed by atoms with van der Waals surface area (Å²) in [5.74, 6) is 5.40. The zero-order valence-electron chi connectivity index (χ0n) is 22.9. The van der Waals surface area contributed by atoms with E-state index >= 15 is 0 Å². The second kappa shape index (κ2) is 20.9. The van der Waals surface area contributed by atoms with E-state index in [1.54, 1.807) is 7.05 Å². The van der Waals surface area contributed by atoms with Crippen LogP contribution in [-0.2, 0) is 9.63 Å². The van der Waals surface area contributed by atoms with Crippen molar-refractivity contribution in [2.24, 2.45) is 11.8 Å². The molecule has 0 bridgehead atoms. The summed E-state index contributed by atoms with van der Waals surface area (Å²) in [5.41, 5.74) is 5.78. The molecule has 0 aromatic heterocycles. The van der Waals surface area contributed by atoms with Gasteiger partial charge in [-0.1, -0.05) is 37.6 Å². The minimum absolute atomic E-state index is 0. The Morgan fingerprint density at radius 3 is 2.43 bits per heavy atom. The van der Waals surface area contributed by atoms with Crippen molar-refractivity contribution in [1.29, 1.82) is 5.41 Å². The average molecular weight is 561 g/mol. The summed E-state index contributed by atoms with van der Waals surface area (Å²) in [7, 11) is 3.49. The number of likely N-dealkylation sites (tertiary alicyclic amines) is 1. The molecule has 2 atom stereocenters. The molecule has 4 rings (SSSR count). The Hall–Kier alpha value is 0.0927. The number of carbonyl (C=O) groups excluding carboxylic acids is 1. The number of hydrogen-bond donors (Lipinski definition) is 5.